The number of ether oxygens (including phenoxy) is 1. The monoisotopic (exact) mass is 471 g/mol. The number of nitrogens with zero attached hydrogens (tertiary/aromatic N) is 2. The average Bonchev–Trinajstić information content (AvgIpc) is 2.90. The fourth-order valence-corrected chi connectivity index (χ4v) is 4.48. The first-order chi connectivity index (χ1) is 17.1. The van der Waals surface area contributed by atoms with Crippen LogP contribution in [0, 0.1) is 6.92 Å². The summed E-state index contributed by atoms with van der Waals surface area (Å²) in [7, 11) is 0. The number of carbonyl (C=O) groups excluding carboxylic acids is 1. The summed E-state index contributed by atoms with van der Waals surface area (Å²) in [5.41, 5.74) is 4.91. The second-order valence-corrected chi connectivity index (χ2v) is 9.57. The number of hydrogen-bond acceptors (Lipinski definition) is 4. The molecule has 0 spiro atoms. The molecule has 35 heavy (non-hydrogen) atoms. The smallest absolute Gasteiger partial charge is 0.409 e. The minimum atomic E-state index is -0.204. The number of carbonyl (C=O) groups is 1. The van der Waals surface area contributed by atoms with Crippen LogP contribution < -0.4 is 5.32 Å². The molecule has 184 valence electrons. The van der Waals surface area contributed by atoms with Crippen LogP contribution in [0.3, 0.4) is 0 Å². The Kier molecular flexibility index (Phi) is 8.79. The summed E-state index contributed by atoms with van der Waals surface area (Å²) >= 11 is 0. The third kappa shape index (κ3) is 7.59. The molecule has 1 heterocycles. The molecule has 1 saturated heterocycles. The predicted molar refractivity (Wildman–Crippen MR) is 142 cm³/mol. The number of aryl methyl sites for hydroxylation is 1. The largest absolute Gasteiger partial charge is 0.448 e. The summed E-state index contributed by atoms with van der Waals surface area (Å²) in [5.74, 6) is 0. The Hall–Kier alpha value is -3.31. The zero-order valence-corrected chi connectivity index (χ0v) is 20.9. The van der Waals surface area contributed by atoms with E-state index < -0.39 is 0 Å². The quantitative estimate of drug-likeness (QED) is 0.410. The SMILES string of the molecule is Cc1ccc(NC2CCN(C(=O)OC[C@H](C)N(Cc3ccccc3)Cc3ccccc3)CC2)cc1. The van der Waals surface area contributed by atoms with Crippen LogP contribution in [0.5, 0.6) is 0 Å². The third-order valence-electron chi connectivity index (χ3n) is 6.70. The van der Waals surface area contributed by atoms with E-state index in [9.17, 15) is 4.79 Å². The van der Waals surface area contributed by atoms with Crippen LogP contribution in [0.4, 0.5) is 10.5 Å². The van der Waals surface area contributed by atoms with Crippen molar-refractivity contribution < 1.29 is 9.53 Å². The number of benzene rings is 3. The van der Waals surface area contributed by atoms with Crippen LogP contribution in [-0.2, 0) is 17.8 Å². The van der Waals surface area contributed by atoms with Crippen LogP contribution >= 0.6 is 0 Å². The van der Waals surface area contributed by atoms with Crippen LogP contribution in [0.1, 0.15) is 36.5 Å². The summed E-state index contributed by atoms with van der Waals surface area (Å²) in [4.78, 5) is 17.0. The van der Waals surface area contributed by atoms with Crippen molar-refractivity contribution in [2.75, 3.05) is 25.0 Å². The van der Waals surface area contributed by atoms with Crippen molar-refractivity contribution in [3.05, 3.63) is 102 Å². The highest BCUT2D eigenvalue weighted by molar-refractivity contribution is 5.67. The van der Waals surface area contributed by atoms with Gasteiger partial charge in [-0.2, -0.15) is 0 Å². The molecule has 4 rings (SSSR count). The van der Waals surface area contributed by atoms with Crippen molar-refractivity contribution in [2.45, 2.75) is 51.9 Å². The summed E-state index contributed by atoms with van der Waals surface area (Å²) < 4.78 is 5.79. The second kappa shape index (κ2) is 12.4. The Balaban J connectivity index is 1.27. The summed E-state index contributed by atoms with van der Waals surface area (Å²) in [6.07, 6.45) is 1.64. The van der Waals surface area contributed by atoms with E-state index >= 15 is 0 Å². The van der Waals surface area contributed by atoms with Crippen LogP contribution in [0.2, 0.25) is 0 Å². The first kappa shape index (κ1) is 24.8. The van der Waals surface area contributed by atoms with Crippen LogP contribution in [-0.4, -0.2) is 47.7 Å². The molecule has 3 aromatic rings. The number of amides is 1. The lowest BCUT2D eigenvalue weighted by molar-refractivity contribution is 0.0595. The van der Waals surface area contributed by atoms with Gasteiger partial charge in [0.05, 0.1) is 0 Å². The Morgan fingerprint density at radius 1 is 0.914 bits per heavy atom. The van der Waals surface area contributed by atoms with Gasteiger partial charge in [0.1, 0.15) is 6.61 Å². The van der Waals surface area contributed by atoms with E-state index in [-0.39, 0.29) is 12.1 Å². The molecule has 0 bridgehead atoms. The summed E-state index contributed by atoms with van der Waals surface area (Å²) in [6.45, 7) is 7.66. The highest BCUT2D eigenvalue weighted by Crippen LogP contribution is 2.19. The highest BCUT2D eigenvalue weighted by Gasteiger charge is 2.25. The van der Waals surface area contributed by atoms with Crippen LogP contribution in [0.15, 0.2) is 84.9 Å². The average molecular weight is 472 g/mol. The zero-order chi connectivity index (χ0) is 24.5. The van der Waals surface area contributed by atoms with Gasteiger partial charge in [0, 0.05) is 44.0 Å². The molecule has 0 unspecified atom stereocenters. The first-order valence-corrected chi connectivity index (χ1v) is 12.6. The molecule has 1 fully saturated rings. The maximum absolute atomic E-state index is 12.8. The standard InChI is InChI=1S/C30H37N3O2/c1-24-13-15-28(16-14-24)31-29-17-19-32(20-18-29)30(34)35-23-25(2)33(21-26-9-5-3-6-10-26)22-27-11-7-4-8-12-27/h3-16,25,29,31H,17-23H2,1-2H3/t25-/m0/s1. The number of piperidine rings is 1. The number of anilines is 1. The van der Waals surface area contributed by atoms with Gasteiger partial charge >= 0.3 is 6.09 Å². The van der Waals surface area contributed by atoms with Crippen molar-refractivity contribution in [1.82, 2.24) is 9.80 Å². The third-order valence-corrected chi connectivity index (χ3v) is 6.70. The van der Waals surface area contributed by atoms with Gasteiger partial charge in [-0.1, -0.05) is 78.4 Å². The highest BCUT2D eigenvalue weighted by atomic mass is 16.6. The lowest BCUT2D eigenvalue weighted by atomic mass is 10.0. The van der Waals surface area contributed by atoms with Gasteiger partial charge in [0.25, 0.3) is 0 Å². The molecule has 5 nitrogen and oxygen atoms in total. The van der Waals surface area contributed by atoms with E-state index in [0.717, 1.165) is 31.6 Å². The molecule has 1 aliphatic rings. The molecule has 0 radical (unpaired) electrons. The van der Waals surface area contributed by atoms with Crippen molar-refractivity contribution >= 4 is 11.8 Å². The molecular weight excluding hydrogens is 434 g/mol. The Labute approximate surface area is 209 Å². The lowest BCUT2D eigenvalue weighted by Crippen LogP contribution is -2.44. The van der Waals surface area contributed by atoms with Crippen LogP contribution in [0.25, 0.3) is 0 Å². The van der Waals surface area contributed by atoms with E-state index in [2.05, 4.69) is 96.9 Å². The van der Waals surface area contributed by atoms with Gasteiger partial charge in [-0.25, -0.2) is 4.79 Å². The molecule has 3 aromatic carbocycles. The van der Waals surface area contributed by atoms with Gasteiger partial charge in [-0.3, -0.25) is 4.90 Å². The Morgan fingerprint density at radius 3 is 2.00 bits per heavy atom. The molecule has 5 heteroatoms. The molecular formula is C30H37N3O2. The maximum atomic E-state index is 12.8. The number of likely N-dealkylation sites (tertiary alicyclic amines) is 1. The molecule has 1 N–H and O–H groups in total. The fourth-order valence-electron chi connectivity index (χ4n) is 4.48. The molecule has 1 aliphatic heterocycles. The maximum Gasteiger partial charge on any atom is 0.409 e. The van der Waals surface area contributed by atoms with Crippen molar-refractivity contribution in [3.63, 3.8) is 0 Å². The van der Waals surface area contributed by atoms with Gasteiger partial charge < -0.3 is 15.0 Å². The minimum Gasteiger partial charge on any atom is -0.448 e. The predicted octanol–water partition coefficient (Wildman–Crippen LogP) is 6.10. The number of nitrogens with one attached hydrogen (secondary N) is 1. The second-order valence-electron chi connectivity index (χ2n) is 9.57. The van der Waals surface area contributed by atoms with Gasteiger partial charge in [0.2, 0.25) is 0 Å². The summed E-state index contributed by atoms with van der Waals surface area (Å²) in [6, 6.07) is 29.9. The lowest BCUT2D eigenvalue weighted by Gasteiger charge is -2.33. The molecule has 1 amide bonds. The normalized spacial score (nSPS) is 15.1. The molecule has 0 saturated carbocycles. The fraction of sp³-hybridized carbons (Fsp3) is 0.367. The first-order valence-electron chi connectivity index (χ1n) is 12.6. The Morgan fingerprint density at radius 2 is 1.46 bits per heavy atom. The molecule has 0 aliphatic carbocycles. The minimum absolute atomic E-state index is 0.0973. The molecule has 0 aromatic heterocycles. The van der Waals surface area contributed by atoms with Gasteiger partial charge in [0.15, 0.2) is 0 Å². The zero-order valence-electron chi connectivity index (χ0n) is 20.9. The Bertz CT molecular complexity index is 991. The van der Waals surface area contributed by atoms with E-state index in [1.165, 1.54) is 16.7 Å². The van der Waals surface area contributed by atoms with Crippen molar-refractivity contribution in [2.24, 2.45) is 0 Å². The van der Waals surface area contributed by atoms with Gasteiger partial charge in [-0.05, 0) is 49.9 Å². The van der Waals surface area contributed by atoms with E-state index in [4.69, 9.17) is 4.74 Å². The van der Waals surface area contributed by atoms with E-state index in [1.807, 2.05) is 17.0 Å². The van der Waals surface area contributed by atoms with Crippen molar-refractivity contribution in [3.8, 4) is 0 Å². The van der Waals surface area contributed by atoms with Crippen molar-refractivity contribution in [1.29, 1.82) is 0 Å². The van der Waals surface area contributed by atoms with Gasteiger partial charge in [-0.15, -0.1) is 0 Å². The summed E-state index contributed by atoms with van der Waals surface area (Å²) in [5, 5.41) is 3.59. The number of rotatable bonds is 9. The topological polar surface area (TPSA) is 44.8 Å². The van der Waals surface area contributed by atoms with E-state index in [1.54, 1.807) is 0 Å². The van der Waals surface area contributed by atoms with E-state index in [0.29, 0.717) is 25.7 Å². The number of hydrogen-bond donors (Lipinski definition) is 1. The molecule has 1 atom stereocenters.